The Morgan fingerprint density at radius 2 is 1.80 bits per heavy atom. The number of likely N-dealkylation sites (N-methyl/N-ethyl adjacent to an activating group) is 1. The van der Waals surface area contributed by atoms with Crippen LogP contribution in [0.4, 0.5) is 0 Å². The van der Waals surface area contributed by atoms with Gasteiger partial charge in [-0.05, 0) is 25.8 Å². The molecule has 0 bridgehead atoms. The van der Waals surface area contributed by atoms with Gasteiger partial charge in [-0.3, -0.25) is 0 Å². The molecular weight excluding hydrogens is 297 g/mol. The molecule has 1 aliphatic carbocycles. The molecule has 0 aromatic carbocycles. The lowest BCUT2D eigenvalue weighted by Crippen LogP contribution is -2.36. The summed E-state index contributed by atoms with van der Waals surface area (Å²) in [6.07, 6.45) is 4.59. The summed E-state index contributed by atoms with van der Waals surface area (Å²) in [5.41, 5.74) is 0.929. The van der Waals surface area contributed by atoms with Crippen molar-refractivity contribution in [2.45, 2.75) is 37.7 Å². The first kappa shape index (κ1) is 14.5. The zero-order chi connectivity index (χ0) is 14.1. The second-order valence-electron chi connectivity index (χ2n) is 5.68. The van der Waals surface area contributed by atoms with Gasteiger partial charge in [0.05, 0.1) is 6.61 Å². The van der Waals surface area contributed by atoms with E-state index in [4.69, 9.17) is 27.9 Å². The van der Waals surface area contributed by atoms with E-state index in [1.165, 1.54) is 12.8 Å². The van der Waals surface area contributed by atoms with Crippen LogP contribution in [0.5, 0.6) is 0 Å². The van der Waals surface area contributed by atoms with Crippen LogP contribution in [0.2, 0.25) is 10.3 Å². The van der Waals surface area contributed by atoms with Gasteiger partial charge in [0.15, 0.2) is 5.82 Å². The Hall–Kier alpha value is -0.420. The van der Waals surface area contributed by atoms with Crippen molar-refractivity contribution in [3.05, 3.63) is 21.7 Å². The molecule has 1 unspecified atom stereocenters. The average Bonchev–Trinajstić information content (AvgIpc) is 2.91. The molecular formula is C14H19Cl2N3O. The molecule has 1 saturated heterocycles. The van der Waals surface area contributed by atoms with Gasteiger partial charge in [-0.2, -0.15) is 0 Å². The first-order valence-corrected chi connectivity index (χ1v) is 7.93. The minimum atomic E-state index is -0.138. The molecule has 2 fully saturated rings. The molecule has 0 radical (unpaired) electrons. The van der Waals surface area contributed by atoms with E-state index < -0.39 is 0 Å². The maximum atomic E-state index is 6.37. The van der Waals surface area contributed by atoms with Crippen molar-refractivity contribution in [2.24, 2.45) is 0 Å². The van der Waals surface area contributed by atoms with Crippen LogP contribution in [-0.2, 0) is 4.74 Å². The van der Waals surface area contributed by atoms with Crippen LogP contribution in [0.15, 0.2) is 0 Å². The van der Waals surface area contributed by atoms with Crippen molar-refractivity contribution < 1.29 is 4.74 Å². The molecule has 1 aromatic heterocycles. The molecule has 3 rings (SSSR count). The third-order valence-electron chi connectivity index (χ3n) is 4.19. The number of hydrogen-bond acceptors (Lipinski definition) is 4. The first-order valence-electron chi connectivity index (χ1n) is 7.18. The Labute approximate surface area is 129 Å². The molecule has 2 aliphatic rings. The maximum Gasteiger partial charge on any atom is 0.161 e. The number of aromatic nitrogens is 2. The van der Waals surface area contributed by atoms with Crippen molar-refractivity contribution in [1.82, 2.24) is 14.9 Å². The van der Waals surface area contributed by atoms with E-state index in [1.54, 1.807) is 0 Å². The molecule has 1 aliphatic heterocycles. The molecule has 2 heterocycles. The van der Waals surface area contributed by atoms with Gasteiger partial charge in [-0.25, -0.2) is 9.97 Å². The summed E-state index contributed by atoms with van der Waals surface area (Å²) in [6.45, 7) is 2.39. The Balaban J connectivity index is 1.87. The molecule has 6 heteroatoms. The highest BCUT2D eigenvalue weighted by molar-refractivity contribution is 6.34. The molecule has 1 atom stereocenters. The summed E-state index contributed by atoms with van der Waals surface area (Å²) in [5, 5.41) is 1.01. The van der Waals surface area contributed by atoms with Crippen LogP contribution >= 0.6 is 23.2 Å². The van der Waals surface area contributed by atoms with Gasteiger partial charge in [-0.15, -0.1) is 0 Å². The van der Waals surface area contributed by atoms with E-state index in [0.29, 0.717) is 28.7 Å². The van der Waals surface area contributed by atoms with Crippen molar-refractivity contribution >= 4 is 23.2 Å². The van der Waals surface area contributed by atoms with Gasteiger partial charge in [0.2, 0.25) is 0 Å². The number of ether oxygens (including phenoxy) is 1. The van der Waals surface area contributed by atoms with Gasteiger partial charge >= 0.3 is 0 Å². The summed E-state index contributed by atoms with van der Waals surface area (Å²) < 4.78 is 5.73. The van der Waals surface area contributed by atoms with Gasteiger partial charge in [-0.1, -0.05) is 36.0 Å². The summed E-state index contributed by atoms with van der Waals surface area (Å²) in [7, 11) is 2.06. The summed E-state index contributed by atoms with van der Waals surface area (Å²) in [6, 6.07) is 0. The van der Waals surface area contributed by atoms with E-state index >= 15 is 0 Å². The van der Waals surface area contributed by atoms with Crippen LogP contribution in [0.3, 0.4) is 0 Å². The van der Waals surface area contributed by atoms with Gasteiger partial charge in [0.25, 0.3) is 0 Å². The molecule has 20 heavy (non-hydrogen) atoms. The van der Waals surface area contributed by atoms with Crippen molar-refractivity contribution in [2.75, 3.05) is 26.7 Å². The topological polar surface area (TPSA) is 38.2 Å². The lowest BCUT2D eigenvalue weighted by Gasteiger charge is -2.29. The van der Waals surface area contributed by atoms with E-state index in [2.05, 4.69) is 21.9 Å². The van der Waals surface area contributed by atoms with Crippen LogP contribution < -0.4 is 0 Å². The molecule has 0 spiro atoms. The largest absolute Gasteiger partial charge is 0.368 e. The second kappa shape index (κ2) is 6.14. The Kier molecular flexibility index (Phi) is 4.46. The average molecular weight is 316 g/mol. The quantitative estimate of drug-likeness (QED) is 0.784. The Morgan fingerprint density at radius 1 is 1.15 bits per heavy atom. The molecule has 1 aromatic rings. The molecule has 0 amide bonds. The minimum Gasteiger partial charge on any atom is -0.368 e. The van der Waals surface area contributed by atoms with Crippen molar-refractivity contribution in [3.63, 3.8) is 0 Å². The normalized spacial score (nSPS) is 25.2. The van der Waals surface area contributed by atoms with Gasteiger partial charge in [0.1, 0.15) is 16.4 Å². The lowest BCUT2D eigenvalue weighted by atomic mass is 10.0. The van der Waals surface area contributed by atoms with Crippen molar-refractivity contribution in [1.29, 1.82) is 0 Å². The third kappa shape index (κ3) is 2.93. The number of morpholine rings is 1. The van der Waals surface area contributed by atoms with Gasteiger partial charge < -0.3 is 9.64 Å². The Bertz CT molecular complexity index is 468. The standard InChI is InChI=1S/C14H19Cl2N3O/c1-19-6-7-20-10(8-19)14-17-12(15)11(13(16)18-14)9-4-2-3-5-9/h9-10H,2-8H2,1H3. The maximum absolute atomic E-state index is 6.37. The Morgan fingerprint density at radius 3 is 2.40 bits per heavy atom. The fraction of sp³-hybridized carbons (Fsp3) is 0.714. The van der Waals surface area contributed by atoms with E-state index in [9.17, 15) is 0 Å². The van der Waals surface area contributed by atoms with E-state index in [-0.39, 0.29) is 6.10 Å². The number of halogens is 2. The van der Waals surface area contributed by atoms with Crippen LogP contribution in [0.25, 0.3) is 0 Å². The van der Waals surface area contributed by atoms with Crippen LogP contribution in [0, 0.1) is 0 Å². The monoisotopic (exact) mass is 315 g/mol. The van der Waals surface area contributed by atoms with E-state index in [1.807, 2.05) is 0 Å². The fourth-order valence-corrected chi connectivity index (χ4v) is 3.77. The minimum absolute atomic E-state index is 0.138. The second-order valence-corrected chi connectivity index (χ2v) is 6.40. The zero-order valence-corrected chi connectivity index (χ0v) is 13.1. The predicted octanol–water partition coefficient (Wildman–Crippen LogP) is 3.44. The molecule has 1 saturated carbocycles. The zero-order valence-electron chi connectivity index (χ0n) is 11.6. The summed E-state index contributed by atoms with van der Waals surface area (Å²) in [5.74, 6) is 1.02. The molecule has 0 N–H and O–H groups in total. The molecule has 110 valence electrons. The number of hydrogen-bond donors (Lipinski definition) is 0. The lowest BCUT2D eigenvalue weighted by molar-refractivity contribution is -0.0255. The summed E-state index contributed by atoms with van der Waals surface area (Å²) in [4.78, 5) is 11.1. The smallest absolute Gasteiger partial charge is 0.161 e. The van der Waals surface area contributed by atoms with E-state index in [0.717, 1.165) is 31.5 Å². The SMILES string of the molecule is CN1CCOC(c2nc(Cl)c(C3CCCC3)c(Cl)n2)C1. The third-order valence-corrected chi connectivity index (χ3v) is 4.77. The van der Waals surface area contributed by atoms with Crippen molar-refractivity contribution in [3.8, 4) is 0 Å². The first-order chi connectivity index (χ1) is 9.65. The predicted molar refractivity (Wildman–Crippen MR) is 79.5 cm³/mol. The van der Waals surface area contributed by atoms with Crippen LogP contribution in [0.1, 0.15) is 49.1 Å². The molecule has 4 nitrogen and oxygen atoms in total. The number of nitrogens with zero attached hydrogens (tertiary/aromatic N) is 3. The fourth-order valence-electron chi connectivity index (χ4n) is 3.06. The van der Waals surface area contributed by atoms with Gasteiger partial charge in [0, 0.05) is 18.7 Å². The highest BCUT2D eigenvalue weighted by atomic mass is 35.5. The van der Waals surface area contributed by atoms with Crippen LogP contribution in [-0.4, -0.2) is 41.6 Å². The highest BCUT2D eigenvalue weighted by Crippen LogP contribution is 2.40. The highest BCUT2D eigenvalue weighted by Gasteiger charge is 2.28. The summed E-state index contributed by atoms with van der Waals surface area (Å²) >= 11 is 12.7. The number of rotatable bonds is 2.